The Hall–Kier alpha value is -1.04. The second-order valence-corrected chi connectivity index (χ2v) is 5.31. The van der Waals surface area contributed by atoms with E-state index >= 15 is 0 Å². The lowest BCUT2D eigenvalue weighted by Gasteiger charge is -2.32. The molecule has 0 fully saturated rings. The largest absolute Gasteiger partial charge is 0.383 e. The van der Waals surface area contributed by atoms with Crippen LogP contribution >= 0.6 is 0 Å². The first-order chi connectivity index (χ1) is 9.49. The Morgan fingerprint density at radius 3 is 2.45 bits per heavy atom. The maximum atomic E-state index is 13.4. The molecule has 0 aliphatic carbocycles. The average molecular weight is 286 g/mol. The Labute approximate surface area is 119 Å². The number of ether oxygens (including phenoxy) is 1. The van der Waals surface area contributed by atoms with E-state index in [4.69, 9.17) is 10.5 Å². The fraction of sp³-hybridized carbons (Fsp3) is 0.600. The lowest BCUT2D eigenvalue weighted by atomic mass is 10.0. The van der Waals surface area contributed by atoms with Gasteiger partial charge >= 0.3 is 0 Å². The van der Waals surface area contributed by atoms with Gasteiger partial charge in [0, 0.05) is 32.8 Å². The lowest BCUT2D eigenvalue weighted by Crippen LogP contribution is -2.38. The molecule has 20 heavy (non-hydrogen) atoms. The van der Waals surface area contributed by atoms with E-state index in [1.165, 1.54) is 6.07 Å². The molecule has 0 spiro atoms. The van der Waals surface area contributed by atoms with Crippen molar-refractivity contribution < 1.29 is 13.5 Å². The first kappa shape index (κ1) is 17.0. The van der Waals surface area contributed by atoms with Gasteiger partial charge in [0.05, 0.1) is 6.61 Å². The van der Waals surface area contributed by atoms with Crippen molar-refractivity contribution in [3.8, 4) is 0 Å². The van der Waals surface area contributed by atoms with Gasteiger partial charge in [0.1, 0.15) is 0 Å². The van der Waals surface area contributed by atoms with E-state index < -0.39 is 11.6 Å². The summed E-state index contributed by atoms with van der Waals surface area (Å²) in [5.74, 6) is -1.22. The topological polar surface area (TPSA) is 38.5 Å². The molecule has 0 aliphatic heterocycles. The minimum Gasteiger partial charge on any atom is -0.383 e. The number of rotatable bonds is 8. The minimum atomic E-state index is -0.836. The Balaban J connectivity index is 2.94. The second kappa shape index (κ2) is 8.29. The Morgan fingerprint density at radius 2 is 1.95 bits per heavy atom. The molecule has 1 unspecified atom stereocenters. The third-order valence-corrected chi connectivity index (χ3v) is 3.17. The highest BCUT2D eigenvalue weighted by Gasteiger charge is 2.21. The van der Waals surface area contributed by atoms with Crippen molar-refractivity contribution in [3.05, 3.63) is 35.4 Å². The van der Waals surface area contributed by atoms with Crippen LogP contribution in [0.5, 0.6) is 0 Å². The summed E-state index contributed by atoms with van der Waals surface area (Å²) < 4.78 is 31.5. The van der Waals surface area contributed by atoms with Crippen LogP contribution in [0.2, 0.25) is 0 Å². The third-order valence-electron chi connectivity index (χ3n) is 3.17. The zero-order chi connectivity index (χ0) is 15.1. The number of methoxy groups -OCH3 is 1. The molecule has 1 aromatic carbocycles. The molecule has 5 heteroatoms. The highest BCUT2D eigenvalue weighted by molar-refractivity contribution is 5.22. The molecule has 0 bridgehead atoms. The van der Waals surface area contributed by atoms with Crippen molar-refractivity contribution in [1.29, 1.82) is 0 Å². The maximum absolute atomic E-state index is 13.4. The second-order valence-electron chi connectivity index (χ2n) is 5.31. The summed E-state index contributed by atoms with van der Waals surface area (Å²) in [6, 6.07) is 3.84. The zero-order valence-corrected chi connectivity index (χ0v) is 12.4. The summed E-state index contributed by atoms with van der Waals surface area (Å²) >= 11 is 0. The third kappa shape index (κ3) is 4.81. The van der Waals surface area contributed by atoms with E-state index in [0.29, 0.717) is 31.2 Å². The number of hydrogen-bond donors (Lipinski definition) is 1. The number of benzene rings is 1. The molecule has 3 nitrogen and oxygen atoms in total. The molecule has 0 radical (unpaired) electrons. The van der Waals surface area contributed by atoms with Gasteiger partial charge in [0.2, 0.25) is 0 Å². The van der Waals surface area contributed by atoms with Crippen LogP contribution < -0.4 is 5.73 Å². The van der Waals surface area contributed by atoms with Crippen LogP contribution in [-0.4, -0.2) is 38.3 Å². The van der Waals surface area contributed by atoms with Gasteiger partial charge in [-0.25, -0.2) is 8.78 Å². The van der Waals surface area contributed by atoms with E-state index in [9.17, 15) is 8.78 Å². The van der Waals surface area contributed by atoms with Crippen molar-refractivity contribution in [1.82, 2.24) is 4.90 Å². The van der Waals surface area contributed by atoms with Crippen molar-refractivity contribution in [3.63, 3.8) is 0 Å². The molecule has 1 aromatic rings. The van der Waals surface area contributed by atoms with E-state index in [-0.39, 0.29) is 6.04 Å². The first-order valence-corrected chi connectivity index (χ1v) is 6.87. The van der Waals surface area contributed by atoms with Crippen LogP contribution in [0.3, 0.4) is 0 Å². The van der Waals surface area contributed by atoms with Crippen molar-refractivity contribution in [2.24, 2.45) is 11.7 Å². The quantitative estimate of drug-likeness (QED) is 0.798. The van der Waals surface area contributed by atoms with Crippen molar-refractivity contribution >= 4 is 0 Å². The number of hydrogen-bond acceptors (Lipinski definition) is 3. The van der Waals surface area contributed by atoms with E-state index in [0.717, 1.165) is 12.6 Å². The summed E-state index contributed by atoms with van der Waals surface area (Å²) in [4.78, 5) is 2.15. The first-order valence-electron chi connectivity index (χ1n) is 6.87. The lowest BCUT2D eigenvalue weighted by molar-refractivity contribution is 0.111. The minimum absolute atomic E-state index is 0.136. The Kier molecular flexibility index (Phi) is 7.05. The molecule has 1 atom stereocenters. The van der Waals surface area contributed by atoms with Gasteiger partial charge in [-0.05, 0) is 23.6 Å². The predicted molar refractivity (Wildman–Crippen MR) is 76.4 cm³/mol. The van der Waals surface area contributed by atoms with Crippen LogP contribution in [0, 0.1) is 17.6 Å². The monoisotopic (exact) mass is 286 g/mol. The van der Waals surface area contributed by atoms with Crippen LogP contribution in [0.15, 0.2) is 18.2 Å². The van der Waals surface area contributed by atoms with Crippen LogP contribution in [-0.2, 0) is 4.74 Å². The average Bonchev–Trinajstić information content (AvgIpc) is 2.40. The van der Waals surface area contributed by atoms with Gasteiger partial charge in [-0.2, -0.15) is 0 Å². The number of halogens is 2. The molecule has 2 N–H and O–H groups in total. The standard InChI is InChI=1S/C15H24F2N2O/c1-11(2)10-19(6-7-20-3)15(9-18)12-4-5-13(16)14(17)8-12/h4-5,8,11,15H,6-7,9-10,18H2,1-3H3. The van der Waals surface area contributed by atoms with Gasteiger partial charge in [-0.15, -0.1) is 0 Å². The summed E-state index contributed by atoms with van der Waals surface area (Å²) in [5.41, 5.74) is 6.54. The van der Waals surface area contributed by atoms with Crippen molar-refractivity contribution in [2.75, 3.05) is 33.4 Å². The number of nitrogens with two attached hydrogens (primary N) is 1. The summed E-state index contributed by atoms with van der Waals surface area (Å²) in [5, 5.41) is 0. The van der Waals surface area contributed by atoms with Gasteiger partial charge < -0.3 is 10.5 Å². The van der Waals surface area contributed by atoms with Crippen molar-refractivity contribution in [2.45, 2.75) is 19.9 Å². The van der Waals surface area contributed by atoms with E-state index in [1.807, 2.05) is 0 Å². The molecule has 0 saturated heterocycles. The molecule has 0 heterocycles. The molecule has 0 aromatic heterocycles. The van der Waals surface area contributed by atoms with E-state index in [1.54, 1.807) is 13.2 Å². The summed E-state index contributed by atoms with van der Waals surface area (Å²) in [6.45, 7) is 6.67. The molecular formula is C15H24F2N2O. The highest BCUT2D eigenvalue weighted by Crippen LogP contribution is 2.22. The zero-order valence-electron chi connectivity index (χ0n) is 12.4. The van der Waals surface area contributed by atoms with Gasteiger partial charge in [0.15, 0.2) is 11.6 Å². The smallest absolute Gasteiger partial charge is 0.159 e. The maximum Gasteiger partial charge on any atom is 0.159 e. The van der Waals surface area contributed by atoms with E-state index in [2.05, 4.69) is 18.7 Å². The summed E-state index contributed by atoms with van der Waals surface area (Å²) in [6.07, 6.45) is 0. The van der Waals surface area contributed by atoms with Crippen LogP contribution in [0.25, 0.3) is 0 Å². The molecule has 0 aliphatic rings. The normalized spacial score (nSPS) is 13.2. The van der Waals surface area contributed by atoms with Gasteiger partial charge in [-0.3, -0.25) is 4.90 Å². The molecule has 0 amide bonds. The van der Waals surface area contributed by atoms with Crippen LogP contribution in [0.1, 0.15) is 25.5 Å². The fourth-order valence-electron chi connectivity index (χ4n) is 2.27. The molecule has 0 saturated carbocycles. The fourth-order valence-corrected chi connectivity index (χ4v) is 2.27. The SMILES string of the molecule is COCCN(CC(C)C)C(CN)c1ccc(F)c(F)c1. The Morgan fingerprint density at radius 1 is 1.25 bits per heavy atom. The number of nitrogens with zero attached hydrogens (tertiary/aromatic N) is 1. The highest BCUT2D eigenvalue weighted by atomic mass is 19.2. The van der Waals surface area contributed by atoms with Gasteiger partial charge in [-0.1, -0.05) is 19.9 Å². The predicted octanol–water partition coefficient (Wildman–Crippen LogP) is 2.57. The van der Waals surface area contributed by atoms with Gasteiger partial charge in [0.25, 0.3) is 0 Å². The molecule has 1 rings (SSSR count). The molecule has 114 valence electrons. The van der Waals surface area contributed by atoms with Crippen LogP contribution in [0.4, 0.5) is 8.78 Å². The summed E-state index contributed by atoms with van der Waals surface area (Å²) in [7, 11) is 1.64. The Bertz CT molecular complexity index is 413. The molecular weight excluding hydrogens is 262 g/mol.